The minimum Gasteiger partial charge on any atom is -0.483 e. The molecule has 1 atom stereocenters. The van der Waals surface area contributed by atoms with E-state index >= 15 is 0 Å². The fourth-order valence-corrected chi connectivity index (χ4v) is 2.75. The second kappa shape index (κ2) is 7.49. The maximum atomic E-state index is 12.3. The average molecular weight is 325 g/mol. The van der Waals surface area contributed by atoms with Gasteiger partial charge in [-0.3, -0.25) is 9.59 Å². The number of amides is 2. The zero-order valence-corrected chi connectivity index (χ0v) is 13.7. The number of carbonyl (C=O) groups is 2. The minimum atomic E-state index is -0.0746. The van der Waals surface area contributed by atoms with Gasteiger partial charge in [-0.05, 0) is 31.9 Å². The van der Waals surface area contributed by atoms with Crippen LogP contribution in [-0.2, 0) is 9.59 Å². The van der Waals surface area contributed by atoms with E-state index in [4.69, 9.17) is 16.3 Å². The van der Waals surface area contributed by atoms with Crippen molar-refractivity contribution >= 4 is 23.4 Å². The van der Waals surface area contributed by atoms with E-state index in [0.717, 1.165) is 18.4 Å². The molecule has 1 aliphatic rings. The Labute approximate surface area is 135 Å². The number of benzene rings is 1. The predicted molar refractivity (Wildman–Crippen MR) is 85.1 cm³/mol. The van der Waals surface area contributed by atoms with Crippen LogP contribution in [0.3, 0.4) is 0 Å². The zero-order valence-electron chi connectivity index (χ0n) is 12.9. The molecule has 1 aliphatic heterocycles. The number of halogens is 1. The van der Waals surface area contributed by atoms with Crippen molar-refractivity contribution in [3.05, 3.63) is 28.8 Å². The van der Waals surface area contributed by atoms with Gasteiger partial charge in [0.1, 0.15) is 5.75 Å². The second-order valence-corrected chi connectivity index (χ2v) is 5.94. The number of nitrogens with one attached hydrogen (secondary N) is 1. The van der Waals surface area contributed by atoms with Crippen LogP contribution in [0.25, 0.3) is 0 Å². The Morgan fingerprint density at radius 3 is 2.95 bits per heavy atom. The highest BCUT2D eigenvalue weighted by atomic mass is 35.5. The summed E-state index contributed by atoms with van der Waals surface area (Å²) in [7, 11) is 0. The molecule has 1 aromatic carbocycles. The van der Waals surface area contributed by atoms with Crippen LogP contribution in [0.5, 0.6) is 5.75 Å². The van der Waals surface area contributed by atoms with E-state index in [0.29, 0.717) is 23.9 Å². The molecule has 0 spiro atoms. The topological polar surface area (TPSA) is 58.6 Å². The molecule has 5 nitrogen and oxygen atoms in total. The number of piperidine rings is 1. The van der Waals surface area contributed by atoms with Crippen molar-refractivity contribution in [2.45, 2.75) is 32.7 Å². The molecule has 2 amide bonds. The first-order chi connectivity index (χ1) is 10.5. The molecule has 0 unspecified atom stereocenters. The Kier molecular flexibility index (Phi) is 5.66. The van der Waals surface area contributed by atoms with Crippen LogP contribution in [0.15, 0.2) is 18.2 Å². The Morgan fingerprint density at radius 1 is 1.45 bits per heavy atom. The Hall–Kier alpha value is -1.75. The molecule has 1 N–H and O–H groups in total. The molecule has 1 saturated heterocycles. The molecule has 120 valence electrons. The van der Waals surface area contributed by atoms with Crippen LogP contribution in [0, 0.1) is 6.92 Å². The number of nitrogens with zero attached hydrogens (tertiary/aromatic N) is 1. The van der Waals surface area contributed by atoms with Crippen LogP contribution >= 0.6 is 11.6 Å². The largest absolute Gasteiger partial charge is 0.483 e. The van der Waals surface area contributed by atoms with Gasteiger partial charge in [0.2, 0.25) is 5.91 Å². The quantitative estimate of drug-likeness (QED) is 0.923. The Morgan fingerprint density at radius 2 is 2.23 bits per heavy atom. The SMILES string of the molecule is CC(=O)N[C@@H]1CCCN(C(=O)COc2cccc(Cl)c2C)C1. The van der Waals surface area contributed by atoms with Crippen molar-refractivity contribution in [1.29, 1.82) is 0 Å². The van der Waals surface area contributed by atoms with Crippen molar-refractivity contribution in [2.75, 3.05) is 19.7 Å². The summed E-state index contributed by atoms with van der Waals surface area (Å²) in [6, 6.07) is 5.41. The zero-order chi connectivity index (χ0) is 16.1. The number of rotatable bonds is 4. The van der Waals surface area contributed by atoms with Gasteiger partial charge in [0, 0.05) is 36.6 Å². The summed E-state index contributed by atoms with van der Waals surface area (Å²) >= 11 is 6.03. The number of ether oxygens (including phenoxy) is 1. The fourth-order valence-electron chi connectivity index (χ4n) is 2.58. The smallest absolute Gasteiger partial charge is 0.260 e. The van der Waals surface area contributed by atoms with Gasteiger partial charge in [0.05, 0.1) is 0 Å². The van der Waals surface area contributed by atoms with Crippen LogP contribution in [0.4, 0.5) is 0 Å². The summed E-state index contributed by atoms with van der Waals surface area (Å²) in [5, 5.41) is 3.48. The molecule has 1 fully saturated rings. The lowest BCUT2D eigenvalue weighted by Crippen LogP contribution is -2.50. The molecular weight excluding hydrogens is 304 g/mol. The first-order valence-electron chi connectivity index (χ1n) is 7.40. The standard InChI is InChI=1S/C16H21ClN2O3/c1-11-14(17)6-3-7-15(11)22-10-16(21)19-8-4-5-13(9-19)18-12(2)20/h3,6-7,13H,4-5,8-10H2,1-2H3,(H,18,20)/t13-/m1/s1. The maximum Gasteiger partial charge on any atom is 0.260 e. The monoisotopic (exact) mass is 324 g/mol. The molecule has 0 bridgehead atoms. The highest BCUT2D eigenvalue weighted by molar-refractivity contribution is 6.31. The van der Waals surface area contributed by atoms with Gasteiger partial charge in [-0.15, -0.1) is 0 Å². The first-order valence-corrected chi connectivity index (χ1v) is 7.78. The fraction of sp³-hybridized carbons (Fsp3) is 0.500. The highest BCUT2D eigenvalue weighted by Gasteiger charge is 2.24. The summed E-state index contributed by atoms with van der Waals surface area (Å²) in [4.78, 5) is 25.1. The second-order valence-electron chi connectivity index (χ2n) is 5.53. The van der Waals surface area contributed by atoms with E-state index in [1.807, 2.05) is 6.92 Å². The number of hydrogen-bond donors (Lipinski definition) is 1. The van der Waals surface area contributed by atoms with Crippen molar-refractivity contribution in [3.63, 3.8) is 0 Å². The first kappa shape index (κ1) is 16.6. The highest BCUT2D eigenvalue weighted by Crippen LogP contribution is 2.25. The third-order valence-corrected chi connectivity index (χ3v) is 4.16. The molecule has 1 aromatic rings. The molecule has 0 radical (unpaired) electrons. The minimum absolute atomic E-state index is 0.0199. The molecule has 0 aliphatic carbocycles. The summed E-state index contributed by atoms with van der Waals surface area (Å²) < 4.78 is 5.59. The molecule has 1 heterocycles. The Bertz CT molecular complexity index is 562. The maximum absolute atomic E-state index is 12.3. The van der Waals surface area contributed by atoms with Crippen molar-refractivity contribution in [2.24, 2.45) is 0 Å². The van der Waals surface area contributed by atoms with Crippen LogP contribution in [-0.4, -0.2) is 42.5 Å². The van der Waals surface area contributed by atoms with Gasteiger partial charge in [-0.2, -0.15) is 0 Å². The lowest BCUT2D eigenvalue weighted by molar-refractivity contribution is -0.135. The number of carbonyl (C=O) groups excluding carboxylic acids is 2. The van der Waals surface area contributed by atoms with Crippen molar-refractivity contribution < 1.29 is 14.3 Å². The van der Waals surface area contributed by atoms with E-state index < -0.39 is 0 Å². The summed E-state index contributed by atoms with van der Waals surface area (Å²) in [6.45, 7) is 4.57. The third-order valence-electron chi connectivity index (χ3n) is 3.75. The predicted octanol–water partition coefficient (Wildman–Crippen LogP) is 2.15. The molecule has 22 heavy (non-hydrogen) atoms. The van der Waals surface area contributed by atoms with E-state index in [-0.39, 0.29) is 24.5 Å². The van der Waals surface area contributed by atoms with E-state index in [1.54, 1.807) is 23.1 Å². The third kappa shape index (κ3) is 4.37. The van der Waals surface area contributed by atoms with Crippen molar-refractivity contribution in [3.8, 4) is 5.75 Å². The molecule has 2 rings (SSSR count). The molecular formula is C16H21ClN2O3. The average Bonchev–Trinajstić information content (AvgIpc) is 2.48. The molecule has 0 aromatic heterocycles. The summed E-state index contributed by atoms with van der Waals surface area (Å²) in [6.07, 6.45) is 1.78. The van der Waals surface area contributed by atoms with Gasteiger partial charge < -0.3 is 15.0 Å². The van der Waals surface area contributed by atoms with Gasteiger partial charge in [-0.1, -0.05) is 17.7 Å². The number of hydrogen-bond acceptors (Lipinski definition) is 3. The number of likely N-dealkylation sites (tertiary alicyclic amines) is 1. The molecule has 0 saturated carbocycles. The van der Waals surface area contributed by atoms with Gasteiger partial charge in [0.15, 0.2) is 6.61 Å². The summed E-state index contributed by atoms with van der Waals surface area (Å²) in [5.74, 6) is 0.482. The van der Waals surface area contributed by atoms with E-state index in [1.165, 1.54) is 6.92 Å². The van der Waals surface area contributed by atoms with Crippen molar-refractivity contribution in [1.82, 2.24) is 10.2 Å². The van der Waals surface area contributed by atoms with Crippen LogP contribution in [0.2, 0.25) is 5.02 Å². The lowest BCUT2D eigenvalue weighted by Gasteiger charge is -2.33. The normalized spacial score (nSPS) is 18.0. The van der Waals surface area contributed by atoms with E-state index in [9.17, 15) is 9.59 Å². The van der Waals surface area contributed by atoms with Gasteiger partial charge >= 0.3 is 0 Å². The molecule has 6 heteroatoms. The Balaban J connectivity index is 1.89. The van der Waals surface area contributed by atoms with Gasteiger partial charge in [0.25, 0.3) is 5.91 Å². The van der Waals surface area contributed by atoms with Crippen LogP contribution in [0.1, 0.15) is 25.3 Å². The van der Waals surface area contributed by atoms with E-state index in [2.05, 4.69) is 5.32 Å². The van der Waals surface area contributed by atoms with Gasteiger partial charge in [-0.25, -0.2) is 0 Å². The summed E-state index contributed by atoms with van der Waals surface area (Å²) in [5.41, 5.74) is 0.826. The van der Waals surface area contributed by atoms with Crippen LogP contribution < -0.4 is 10.1 Å². The lowest BCUT2D eigenvalue weighted by atomic mass is 10.1.